The highest BCUT2D eigenvalue weighted by Crippen LogP contribution is 2.23. The first kappa shape index (κ1) is 19.8. The molecule has 0 aliphatic carbocycles. The smallest absolute Gasteiger partial charge is 0.441 e. The van der Waals surface area contributed by atoms with Gasteiger partial charge in [0.1, 0.15) is 0 Å². The molecule has 7 heteroatoms. The van der Waals surface area contributed by atoms with Crippen molar-refractivity contribution in [2.45, 2.75) is 39.2 Å². The van der Waals surface area contributed by atoms with Gasteiger partial charge in [0, 0.05) is 12.1 Å². The quantitative estimate of drug-likeness (QED) is 0.596. The van der Waals surface area contributed by atoms with Gasteiger partial charge in [-0.05, 0) is 32.4 Å². The number of hydrogen-bond donors (Lipinski definition) is 2. The average Bonchev–Trinajstić information content (AvgIpc) is 3.03. The third kappa shape index (κ3) is 6.76. The Balaban J connectivity index is 1.69. The van der Waals surface area contributed by atoms with Gasteiger partial charge in [0.05, 0.1) is 0 Å². The number of alkyl carbamates (subject to hydrolysis) is 1. The van der Waals surface area contributed by atoms with Crippen LogP contribution in [0.2, 0.25) is 0 Å². The van der Waals surface area contributed by atoms with Gasteiger partial charge in [-0.15, -0.1) is 0 Å². The van der Waals surface area contributed by atoms with Crippen LogP contribution in [0.3, 0.4) is 0 Å². The molecule has 2 rings (SSSR count). The zero-order valence-corrected chi connectivity index (χ0v) is 15.1. The summed E-state index contributed by atoms with van der Waals surface area (Å²) in [5, 5.41) is 6.03. The summed E-state index contributed by atoms with van der Waals surface area (Å²) in [6.45, 7) is 4.57. The van der Waals surface area contributed by atoms with Crippen molar-refractivity contribution >= 4 is 6.09 Å². The van der Waals surface area contributed by atoms with E-state index in [0.29, 0.717) is 12.1 Å². The van der Waals surface area contributed by atoms with Crippen LogP contribution in [0.25, 0.3) is 11.3 Å². The van der Waals surface area contributed by atoms with Crippen molar-refractivity contribution in [2.75, 3.05) is 19.6 Å². The maximum absolute atomic E-state index is 11.7. The largest absolute Gasteiger partial charge is 0.519 e. The molecule has 0 aliphatic rings. The average molecular weight is 362 g/mol. The fourth-order valence-electron chi connectivity index (χ4n) is 2.44. The predicted molar refractivity (Wildman–Crippen MR) is 97.9 cm³/mol. The van der Waals surface area contributed by atoms with Crippen molar-refractivity contribution in [3.8, 4) is 11.3 Å². The Kier molecular flexibility index (Phi) is 8.48. The van der Waals surface area contributed by atoms with Gasteiger partial charge in [-0.25, -0.2) is 9.59 Å². The number of amides is 1. The molecule has 7 nitrogen and oxygen atoms in total. The molecule has 1 aromatic heterocycles. The lowest BCUT2D eigenvalue weighted by atomic mass is 10.1. The molecule has 0 aliphatic heterocycles. The monoisotopic (exact) mass is 362 g/mol. The molecule has 0 bridgehead atoms. The highest BCUT2D eigenvalue weighted by atomic mass is 16.6. The number of hydrogen-bond acceptors (Lipinski definition) is 6. The number of carbonyl (C=O) groups is 1. The molecule has 26 heavy (non-hydrogen) atoms. The van der Waals surface area contributed by atoms with Gasteiger partial charge in [-0.2, -0.15) is 0 Å². The van der Waals surface area contributed by atoms with Crippen LogP contribution in [-0.4, -0.2) is 25.7 Å². The van der Waals surface area contributed by atoms with Crippen LogP contribution >= 0.6 is 0 Å². The third-order valence-corrected chi connectivity index (χ3v) is 3.74. The minimum Gasteiger partial charge on any atom is -0.441 e. The molecule has 2 N–H and O–H groups in total. The minimum atomic E-state index is -0.820. The van der Waals surface area contributed by atoms with Crippen LogP contribution in [0, 0.1) is 0 Å². The van der Waals surface area contributed by atoms with Crippen LogP contribution in [0.4, 0.5) is 4.79 Å². The normalized spacial score (nSPS) is 10.7. The number of nitrogens with one attached hydrogen (secondary N) is 2. The predicted octanol–water partition coefficient (Wildman–Crippen LogP) is 3.30. The standard InChI is InChI=1S/C19H26N2O5/c1-2-11-20-12-7-4-8-13-21-18(22)24-14-16-17(26-19(23)25-16)15-9-5-3-6-10-15/h3,5-6,9-10,20H,2,4,7-8,11-14H2,1H3,(H,21,22). The second-order valence-electron chi connectivity index (χ2n) is 5.89. The molecule has 0 spiro atoms. The van der Waals surface area contributed by atoms with Gasteiger partial charge >= 0.3 is 11.9 Å². The molecule has 0 saturated carbocycles. The van der Waals surface area contributed by atoms with Gasteiger partial charge in [0.15, 0.2) is 18.1 Å². The van der Waals surface area contributed by atoms with Crippen LogP contribution < -0.4 is 16.5 Å². The maximum atomic E-state index is 11.7. The number of unbranched alkanes of at least 4 members (excludes halogenated alkanes) is 2. The molecule has 0 saturated heterocycles. The van der Waals surface area contributed by atoms with Gasteiger partial charge in [-0.3, -0.25) is 0 Å². The molecule has 0 atom stereocenters. The van der Waals surface area contributed by atoms with Gasteiger partial charge < -0.3 is 24.2 Å². The first-order valence-electron chi connectivity index (χ1n) is 9.00. The SMILES string of the molecule is CCCNCCCCCNC(=O)OCc1oc(=O)oc1-c1ccccc1. The molecule has 1 amide bonds. The topological polar surface area (TPSA) is 93.7 Å². The molecule has 0 radical (unpaired) electrons. The number of benzene rings is 1. The fraction of sp³-hybridized carbons (Fsp3) is 0.474. The van der Waals surface area contributed by atoms with E-state index in [1.54, 1.807) is 12.1 Å². The summed E-state index contributed by atoms with van der Waals surface area (Å²) in [6, 6.07) is 9.06. The maximum Gasteiger partial charge on any atom is 0.519 e. The summed E-state index contributed by atoms with van der Waals surface area (Å²) in [5.74, 6) is -0.346. The first-order chi connectivity index (χ1) is 12.7. The van der Waals surface area contributed by atoms with Crippen molar-refractivity contribution in [3.05, 3.63) is 46.7 Å². The summed E-state index contributed by atoms with van der Waals surface area (Å²) < 4.78 is 15.1. The lowest BCUT2D eigenvalue weighted by Crippen LogP contribution is -2.25. The van der Waals surface area contributed by atoms with Gasteiger partial charge in [0.25, 0.3) is 0 Å². The first-order valence-corrected chi connectivity index (χ1v) is 9.00. The molecule has 0 fully saturated rings. The highest BCUT2D eigenvalue weighted by molar-refractivity contribution is 5.67. The van der Waals surface area contributed by atoms with E-state index < -0.39 is 11.9 Å². The zero-order valence-electron chi connectivity index (χ0n) is 15.1. The van der Waals surface area contributed by atoms with E-state index >= 15 is 0 Å². The van der Waals surface area contributed by atoms with E-state index in [-0.39, 0.29) is 18.1 Å². The summed E-state index contributed by atoms with van der Waals surface area (Å²) in [5.41, 5.74) is 0.689. The molecule has 1 heterocycles. The van der Waals surface area contributed by atoms with Crippen molar-refractivity contribution in [2.24, 2.45) is 0 Å². The van der Waals surface area contributed by atoms with Crippen LogP contribution in [0.15, 0.2) is 44.0 Å². The Morgan fingerprint density at radius 1 is 1.04 bits per heavy atom. The minimum absolute atomic E-state index is 0.164. The van der Waals surface area contributed by atoms with Crippen LogP contribution in [0.5, 0.6) is 0 Å². The number of rotatable bonds is 11. The Bertz CT molecular complexity index is 708. The van der Waals surface area contributed by atoms with E-state index in [4.69, 9.17) is 13.6 Å². The van der Waals surface area contributed by atoms with Gasteiger partial charge in [-0.1, -0.05) is 43.7 Å². The van der Waals surface area contributed by atoms with Crippen molar-refractivity contribution in [1.29, 1.82) is 0 Å². The van der Waals surface area contributed by atoms with Gasteiger partial charge in [0.2, 0.25) is 0 Å². The molecular weight excluding hydrogens is 336 g/mol. The second-order valence-corrected chi connectivity index (χ2v) is 5.89. The zero-order chi connectivity index (χ0) is 18.6. The molecule has 0 unspecified atom stereocenters. The highest BCUT2D eigenvalue weighted by Gasteiger charge is 2.16. The fourth-order valence-corrected chi connectivity index (χ4v) is 2.44. The summed E-state index contributed by atoms with van der Waals surface area (Å²) in [7, 11) is 0. The van der Waals surface area contributed by atoms with Crippen molar-refractivity contribution in [1.82, 2.24) is 10.6 Å². The lowest BCUT2D eigenvalue weighted by Gasteiger charge is -2.06. The van der Waals surface area contributed by atoms with Crippen molar-refractivity contribution < 1.29 is 18.4 Å². The second kappa shape index (κ2) is 11.1. The number of carbonyl (C=O) groups excluding carboxylic acids is 1. The molecule has 142 valence electrons. The van der Waals surface area contributed by atoms with Crippen LogP contribution in [0.1, 0.15) is 38.4 Å². The summed E-state index contributed by atoms with van der Waals surface area (Å²) >= 11 is 0. The molecular formula is C19H26N2O5. The Morgan fingerprint density at radius 2 is 1.81 bits per heavy atom. The summed E-state index contributed by atoms with van der Waals surface area (Å²) in [4.78, 5) is 23.1. The van der Waals surface area contributed by atoms with Crippen molar-refractivity contribution in [3.63, 3.8) is 0 Å². The van der Waals surface area contributed by atoms with E-state index in [1.165, 1.54) is 0 Å². The Hall–Kier alpha value is -2.54. The summed E-state index contributed by atoms with van der Waals surface area (Å²) in [6.07, 6.45) is 3.59. The van der Waals surface area contributed by atoms with E-state index in [2.05, 4.69) is 17.6 Å². The number of ether oxygens (including phenoxy) is 1. The van der Waals surface area contributed by atoms with Crippen LogP contribution in [-0.2, 0) is 11.3 Å². The lowest BCUT2D eigenvalue weighted by molar-refractivity contribution is 0.130. The molecule has 2 aromatic rings. The van der Waals surface area contributed by atoms with E-state index in [0.717, 1.165) is 38.8 Å². The Labute approximate surface area is 152 Å². The van der Waals surface area contributed by atoms with E-state index in [1.807, 2.05) is 18.2 Å². The Morgan fingerprint density at radius 3 is 2.58 bits per heavy atom. The third-order valence-electron chi connectivity index (χ3n) is 3.74. The molecule has 1 aromatic carbocycles. The van der Waals surface area contributed by atoms with E-state index in [9.17, 15) is 9.59 Å².